The van der Waals surface area contributed by atoms with Crippen molar-refractivity contribution in [3.63, 3.8) is 0 Å². The molecule has 0 unspecified atom stereocenters. The van der Waals surface area contributed by atoms with E-state index in [0.717, 1.165) is 0 Å². The molecule has 6 heteroatoms. The van der Waals surface area contributed by atoms with Gasteiger partial charge in [-0.05, 0) is 12.1 Å². The number of phenols is 1. The fourth-order valence-corrected chi connectivity index (χ4v) is 0.670. The van der Waals surface area contributed by atoms with Gasteiger partial charge in [-0.25, -0.2) is 0 Å². The van der Waals surface area contributed by atoms with Crippen LogP contribution in [0.4, 0.5) is 0 Å². The van der Waals surface area contributed by atoms with Crippen LogP contribution < -0.4 is 4.65 Å². The molecule has 0 aromatic heterocycles. The van der Waals surface area contributed by atoms with Crippen molar-refractivity contribution >= 4 is 58.7 Å². The van der Waals surface area contributed by atoms with Crippen LogP contribution in [-0.2, 0) is 0 Å². The molecule has 0 aliphatic carbocycles. The van der Waals surface area contributed by atoms with Crippen LogP contribution in [0.15, 0.2) is 24.3 Å². The van der Waals surface area contributed by atoms with Gasteiger partial charge in [0.2, 0.25) is 0 Å². The van der Waals surface area contributed by atoms with Crippen molar-refractivity contribution in [1.29, 1.82) is 0 Å². The number of phenolic OH excluding ortho intramolecular Hbond substituents is 1. The molecule has 60 valence electrons. The second-order valence-corrected chi connectivity index (χ2v) is 1.91. The fraction of sp³-hybridized carbons (Fsp3) is 0. The Hall–Kier alpha value is 0.441. The molecule has 0 heterocycles. The van der Waals surface area contributed by atoms with Crippen LogP contribution in [-0.4, -0.2) is 73.9 Å². The number of rotatable bonds is 2. The summed E-state index contributed by atoms with van der Waals surface area (Å²) < 4.78 is 4.41. The van der Waals surface area contributed by atoms with E-state index in [2.05, 4.69) is 4.65 Å². The van der Waals surface area contributed by atoms with Crippen LogP contribution in [0.25, 0.3) is 0 Å². The summed E-state index contributed by atoms with van der Waals surface area (Å²) in [5, 5.41) is 25.7. The monoisotopic (exact) mass is 194 g/mol. The van der Waals surface area contributed by atoms with Crippen molar-refractivity contribution in [2.75, 3.05) is 0 Å². The third-order valence-corrected chi connectivity index (χ3v) is 1.10. The van der Waals surface area contributed by atoms with Crippen LogP contribution in [0, 0.1) is 0 Å². The van der Waals surface area contributed by atoms with Gasteiger partial charge in [-0.2, -0.15) is 0 Å². The van der Waals surface area contributed by atoms with Gasteiger partial charge >= 0.3 is 58.7 Å². The van der Waals surface area contributed by atoms with Gasteiger partial charge in [0.05, 0.1) is 0 Å². The number of hydrogen-bond acceptors (Lipinski definition) is 4. The molecule has 4 nitrogen and oxygen atoms in total. The SMILES string of the molecule is OB(O)Oc1ccccc1O.[KH]. The third-order valence-electron chi connectivity index (χ3n) is 1.10. The summed E-state index contributed by atoms with van der Waals surface area (Å²) in [4.78, 5) is 0. The van der Waals surface area contributed by atoms with Crippen molar-refractivity contribution < 1.29 is 19.8 Å². The van der Waals surface area contributed by atoms with Gasteiger partial charge in [0.25, 0.3) is 0 Å². The average molecular weight is 194 g/mol. The zero-order chi connectivity index (χ0) is 8.27. The first-order valence-corrected chi connectivity index (χ1v) is 3.01. The molecule has 0 aliphatic heterocycles. The molecule has 1 aromatic rings. The first kappa shape index (κ1) is 12.4. The second-order valence-electron chi connectivity index (χ2n) is 1.91. The van der Waals surface area contributed by atoms with E-state index in [0.29, 0.717) is 0 Å². The van der Waals surface area contributed by atoms with Gasteiger partial charge in [-0.1, -0.05) is 12.1 Å². The van der Waals surface area contributed by atoms with Gasteiger partial charge in [0, 0.05) is 0 Å². The molecule has 0 spiro atoms. The summed E-state index contributed by atoms with van der Waals surface area (Å²) in [6.45, 7) is 0. The van der Waals surface area contributed by atoms with Gasteiger partial charge in [-0.3, -0.25) is 0 Å². The Balaban J connectivity index is 0.00000121. The van der Waals surface area contributed by atoms with E-state index in [4.69, 9.17) is 15.2 Å². The maximum atomic E-state index is 9.01. The van der Waals surface area contributed by atoms with E-state index in [1.165, 1.54) is 12.1 Å². The first-order chi connectivity index (χ1) is 5.20. The minimum atomic E-state index is -1.90. The topological polar surface area (TPSA) is 69.9 Å². The molecule has 0 bridgehead atoms. The van der Waals surface area contributed by atoms with E-state index < -0.39 is 7.32 Å². The molecule has 0 saturated heterocycles. The molecule has 0 atom stereocenters. The van der Waals surface area contributed by atoms with Gasteiger partial charge in [0.1, 0.15) is 5.75 Å². The van der Waals surface area contributed by atoms with Crippen molar-refractivity contribution in [3.8, 4) is 11.5 Å². The second kappa shape index (κ2) is 5.98. The van der Waals surface area contributed by atoms with E-state index in [1.54, 1.807) is 12.1 Å². The van der Waals surface area contributed by atoms with Crippen LogP contribution in [0.1, 0.15) is 0 Å². The molecule has 0 saturated carbocycles. The Morgan fingerprint density at radius 1 is 1.17 bits per heavy atom. The minimum absolute atomic E-state index is 0. The molecule has 0 fully saturated rings. The summed E-state index contributed by atoms with van der Waals surface area (Å²) in [7, 11) is -1.90. The van der Waals surface area contributed by atoms with E-state index in [9.17, 15) is 0 Å². The maximum absolute atomic E-state index is 9.01. The van der Waals surface area contributed by atoms with Gasteiger partial charge in [0.15, 0.2) is 5.75 Å². The molecule has 0 amide bonds. The van der Waals surface area contributed by atoms with E-state index in [1.807, 2.05) is 0 Å². The molecular weight excluding hydrogens is 186 g/mol. The van der Waals surface area contributed by atoms with Gasteiger partial charge < -0.3 is 19.8 Å². The van der Waals surface area contributed by atoms with Gasteiger partial charge in [-0.15, -0.1) is 0 Å². The zero-order valence-corrected chi connectivity index (χ0v) is 5.64. The van der Waals surface area contributed by atoms with Crippen molar-refractivity contribution in [1.82, 2.24) is 0 Å². The number of benzene rings is 1. The van der Waals surface area contributed by atoms with Crippen LogP contribution in [0.5, 0.6) is 11.5 Å². The van der Waals surface area contributed by atoms with Crippen LogP contribution >= 0.6 is 0 Å². The molecule has 1 aromatic carbocycles. The average Bonchev–Trinajstić information content (AvgIpc) is 1.93. The predicted octanol–water partition coefficient (Wildman–Crippen LogP) is -0.908. The molecule has 12 heavy (non-hydrogen) atoms. The summed E-state index contributed by atoms with van der Waals surface area (Å²) in [6.07, 6.45) is 0. The summed E-state index contributed by atoms with van der Waals surface area (Å²) >= 11 is 0. The molecular formula is C6H8BKO4. The number of hydrogen-bond donors (Lipinski definition) is 3. The summed E-state index contributed by atoms with van der Waals surface area (Å²) in [6, 6.07) is 6.02. The summed E-state index contributed by atoms with van der Waals surface area (Å²) in [5.41, 5.74) is 0. The van der Waals surface area contributed by atoms with E-state index in [-0.39, 0.29) is 62.9 Å². The van der Waals surface area contributed by atoms with Crippen LogP contribution in [0.2, 0.25) is 0 Å². The Morgan fingerprint density at radius 3 is 2.25 bits per heavy atom. The fourth-order valence-electron chi connectivity index (χ4n) is 0.670. The quantitative estimate of drug-likeness (QED) is 0.533. The van der Waals surface area contributed by atoms with Crippen LogP contribution in [0.3, 0.4) is 0 Å². The van der Waals surface area contributed by atoms with Crippen molar-refractivity contribution in [2.45, 2.75) is 0 Å². The molecule has 0 radical (unpaired) electrons. The Bertz CT molecular complexity index is 243. The Morgan fingerprint density at radius 2 is 1.75 bits per heavy atom. The molecule has 1 rings (SSSR count). The summed E-state index contributed by atoms with van der Waals surface area (Å²) in [5.74, 6) is -0.0805. The van der Waals surface area contributed by atoms with Crippen molar-refractivity contribution in [2.24, 2.45) is 0 Å². The molecule has 0 aliphatic rings. The molecule has 3 N–H and O–H groups in total. The number of para-hydroxylation sites is 2. The standard InChI is InChI=1S/C6H7BO4.K.H/c8-5-3-1-2-4-6(5)11-7(9)10;;/h1-4,8-10H;;. The third kappa shape index (κ3) is 3.90. The Kier molecular flexibility index (Phi) is 6.20. The predicted molar refractivity (Wildman–Crippen MR) is 46.1 cm³/mol. The number of aromatic hydroxyl groups is 1. The van der Waals surface area contributed by atoms with Crippen molar-refractivity contribution in [3.05, 3.63) is 24.3 Å². The Labute approximate surface area is 113 Å². The first-order valence-electron chi connectivity index (χ1n) is 3.01. The normalized spacial score (nSPS) is 8.50. The van der Waals surface area contributed by atoms with E-state index >= 15 is 0 Å². The zero-order valence-electron chi connectivity index (χ0n) is 5.64.